The summed E-state index contributed by atoms with van der Waals surface area (Å²) in [5.74, 6) is -0.308. The lowest BCUT2D eigenvalue weighted by Crippen LogP contribution is -2.17. The summed E-state index contributed by atoms with van der Waals surface area (Å²) < 4.78 is 18.4. The highest BCUT2D eigenvalue weighted by Gasteiger charge is 2.14. The minimum absolute atomic E-state index is 0.0861. The lowest BCUT2D eigenvalue weighted by molar-refractivity contribution is 0.183. The molecule has 0 aromatic heterocycles. The number of aliphatic hydroxyl groups is 1. The highest BCUT2D eigenvalue weighted by Crippen LogP contribution is 2.23. The van der Waals surface area contributed by atoms with Gasteiger partial charge in [0.25, 0.3) is 0 Å². The van der Waals surface area contributed by atoms with Crippen LogP contribution in [0.3, 0.4) is 0 Å². The molecule has 2 rings (SSSR count). The summed E-state index contributed by atoms with van der Waals surface area (Å²) >= 11 is 0. The van der Waals surface area contributed by atoms with Crippen LogP contribution in [0.2, 0.25) is 0 Å². The van der Waals surface area contributed by atoms with E-state index in [9.17, 15) is 9.50 Å². The van der Waals surface area contributed by atoms with Crippen molar-refractivity contribution in [2.45, 2.75) is 12.6 Å². The van der Waals surface area contributed by atoms with Gasteiger partial charge in [-0.25, -0.2) is 4.39 Å². The van der Waals surface area contributed by atoms with E-state index in [1.54, 1.807) is 19.2 Å². The standard InChI is InChI=1S/C16H18FNO2/c1-20-11-12-5-2-3-8-15(12)16(10-19)18-14-7-4-6-13(17)9-14/h2-9,16,18-19H,10-11H2,1H3. The van der Waals surface area contributed by atoms with E-state index in [4.69, 9.17) is 4.74 Å². The summed E-state index contributed by atoms with van der Waals surface area (Å²) in [5.41, 5.74) is 2.58. The molecule has 0 spiro atoms. The predicted molar refractivity (Wildman–Crippen MR) is 77.0 cm³/mol. The van der Waals surface area contributed by atoms with E-state index in [1.165, 1.54) is 12.1 Å². The number of methoxy groups -OCH3 is 1. The van der Waals surface area contributed by atoms with Crippen LogP contribution in [0.1, 0.15) is 17.2 Å². The van der Waals surface area contributed by atoms with Gasteiger partial charge >= 0.3 is 0 Å². The monoisotopic (exact) mass is 275 g/mol. The van der Waals surface area contributed by atoms with Gasteiger partial charge in [0.05, 0.1) is 19.3 Å². The number of nitrogens with one attached hydrogen (secondary N) is 1. The van der Waals surface area contributed by atoms with Crippen molar-refractivity contribution in [2.24, 2.45) is 0 Å². The molecule has 0 saturated carbocycles. The summed E-state index contributed by atoms with van der Waals surface area (Å²) in [5, 5.41) is 12.7. The molecule has 0 saturated heterocycles. The van der Waals surface area contributed by atoms with Crippen LogP contribution in [0.5, 0.6) is 0 Å². The van der Waals surface area contributed by atoms with Crippen LogP contribution in [-0.2, 0) is 11.3 Å². The molecule has 2 aromatic carbocycles. The molecule has 2 N–H and O–H groups in total. The summed E-state index contributed by atoms with van der Waals surface area (Å²) in [6, 6.07) is 13.6. The van der Waals surface area contributed by atoms with E-state index in [2.05, 4.69) is 5.32 Å². The molecule has 0 aliphatic rings. The van der Waals surface area contributed by atoms with Crippen molar-refractivity contribution in [1.29, 1.82) is 0 Å². The van der Waals surface area contributed by atoms with Gasteiger partial charge in [0.15, 0.2) is 0 Å². The summed E-state index contributed by atoms with van der Waals surface area (Å²) in [7, 11) is 1.63. The van der Waals surface area contributed by atoms with Gasteiger partial charge in [-0.2, -0.15) is 0 Å². The quantitative estimate of drug-likeness (QED) is 0.851. The van der Waals surface area contributed by atoms with Crippen molar-refractivity contribution in [1.82, 2.24) is 0 Å². The molecule has 0 radical (unpaired) electrons. The van der Waals surface area contributed by atoms with Crippen LogP contribution in [0, 0.1) is 5.82 Å². The second kappa shape index (κ2) is 7.03. The Kier molecular flexibility index (Phi) is 5.09. The number of hydrogen-bond donors (Lipinski definition) is 2. The van der Waals surface area contributed by atoms with E-state index < -0.39 is 0 Å². The molecule has 0 bridgehead atoms. The highest BCUT2D eigenvalue weighted by atomic mass is 19.1. The smallest absolute Gasteiger partial charge is 0.125 e. The van der Waals surface area contributed by atoms with Crippen molar-refractivity contribution in [3.63, 3.8) is 0 Å². The maximum atomic E-state index is 13.2. The minimum Gasteiger partial charge on any atom is -0.394 e. The molecule has 4 heteroatoms. The number of rotatable bonds is 6. The Morgan fingerprint density at radius 3 is 2.70 bits per heavy atom. The summed E-state index contributed by atoms with van der Waals surface area (Å²) in [4.78, 5) is 0. The van der Waals surface area contributed by atoms with Gasteiger partial charge in [0.1, 0.15) is 5.82 Å². The first-order valence-corrected chi connectivity index (χ1v) is 6.44. The molecule has 0 amide bonds. The van der Waals surface area contributed by atoms with Crippen molar-refractivity contribution < 1.29 is 14.2 Å². The van der Waals surface area contributed by atoms with Crippen LogP contribution in [0.15, 0.2) is 48.5 Å². The first kappa shape index (κ1) is 14.5. The van der Waals surface area contributed by atoms with Crippen molar-refractivity contribution in [2.75, 3.05) is 19.0 Å². The zero-order valence-corrected chi connectivity index (χ0v) is 11.3. The average Bonchev–Trinajstić information content (AvgIpc) is 2.46. The zero-order chi connectivity index (χ0) is 14.4. The van der Waals surface area contributed by atoms with Crippen molar-refractivity contribution >= 4 is 5.69 Å². The third-order valence-electron chi connectivity index (χ3n) is 3.08. The zero-order valence-electron chi connectivity index (χ0n) is 11.3. The Morgan fingerprint density at radius 1 is 1.20 bits per heavy atom. The van der Waals surface area contributed by atoms with Crippen LogP contribution >= 0.6 is 0 Å². The summed E-state index contributed by atoms with van der Waals surface area (Å²) in [6.07, 6.45) is 0. The molecule has 1 atom stereocenters. The molecule has 0 heterocycles. The second-order valence-corrected chi connectivity index (χ2v) is 4.52. The van der Waals surface area contributed by atoms with Crippen LogP contribution in [-0.4, -0.2) is 18.8 Å². The van der Waals surface area contributed by atoms with Crippen LogP contribution < -0.4 is 5.32 Å². The fourth-order valence-electron chi connectivity index (χ4n) is 2.16. The third-order valence-corrected chi connectivity index (χ3v) is 3.08. The second-order valence-electron chi connectivity index (χ2n) is 4.52. The van der Waals surface area contributed by atoms with Gasteiger partial charge in [0, 0.05) is 12.8 Å². The molecule has 1 unspecified atom stereocenters. The molecular weight excluding hydrogens is 257 g/mol. The van der Waals surface area contributed by atoms with Crippen LogP contribution in [0.4, 0.5) is 10.1 Å². The van der Waals surface area contributed by atoms with Crippen molar-refractivity contribution in [3.05, 3.63) is 65.5 Å². The van der Waals surface area contributed by atoms with Gasteiger partial charge in [-0.05, 0) is 29.3 Å². The molecule has 2 aromatic rings. The van der Waals surface area contributed by atoms with Gasteiger partial charge in [0.2, 0.25) is 0 Å². The molecule has 0 aliphatic heterocycles. The molecule has 20 heavy (non-hydrogen) atoms. The lowest BCUT2D eigenvalue weighted by Gasteiger charge is -2.21. The van der Waals surface area contributed by atoms with Gasteiger partial charge < -0.3 is 15.2 Å². The fraction of sp³-hybridized carbons (Fsp3) is 0.250. The van der Waals surface area contributed by atoms with Gasteiger partial charge in [-0.15, -0.1) is 0 Å². The fourth-order valence-corrected chi connectivity index (χ4v) is 2.16. The lowest BCUT2D eigenvalue weighted by atomic mass is 10.0. The maximum Gasteiger partial charge on any atom is 0.125 e. The molecule has 0 aliphatic carbocycles. The Balaban J connectivity index is 2.24. The number of aliphatic hydroxyl groups excluding tert-OH is 1. The number of halogens is 1. The number of benzene rings is 2. The van der Waals surface area contributed by atoms with E-state index >= 15 is 0 Å². The average molecular weight is 275 g/mol. The first-order valence-electron chi connectivity index (χ1n) is 6.44. The third kappa shape index (κ3) is 3.56. The van der Waals surface area contributed by atoms with Gasteiger partial charge in [-0.1, -0.05) is 30.3 Å². The van der Waals surface area contributed by atoms with E-state index in [-0.39, 0.29) is 18.5 Å². The number of ether oxygens (including phenoxy) is 1. The molecule has 3 nitrogen and oxygen atoms in total. The van der Waals surface area contributed by atoms with Crippen LogP contribution in [0.25, 0.3) is 0 Å². The van der Waals surface area contributed by atoms with Crippen molar-refractivity contribution in [3.8, 4) is 0 Å². The van der Waals surface area contributed by atoms with E-state index in [0.29, 0.717) is 12.3 Å². The topological polar surface area (TPSA) is 41.5 Å². The maximum absolute atomic E-state index is 13.2. The normalized spacial score (nSPS) is 12.2. The Labute approximate surface area is 118 Å². The first-order chi connectivity index (χ1) is 9.74. The Hall–Kier alpha value is -1.91. The Bertz CT molecular complexity index is 560. The predicted octanol–water partition coefficient (Wildman–Crippen LogP) is 3.12. The molecular formula is C16H18FNO2. The molecule has 0 fully saturated rings. The largest absolute Gasteiger partial charge is 0.394 e. The number of anilines is 1. The minimum atomic E-state index is -0.308. The highest BCUT2D eigenvalue weighted by molar-refractivity contribution is 5.46. The van der Waals surface area contributed by atoms with E-state index in [1.807, 2.05) is 24.3 Å². The SMILES string of the molecule is COCc1ccccc1C(CO)Nc1cccc(F)c1. The molecule has 106 valence electrons. The Morgan fingerprint density at radius 2 is 2.00 bits per heavy atom. The van der Waals surface area contributed by atoms with Gasteiger partial charge in [-0.3, -0.25) is 0 Å². The van der Waals surface area contributed by atoms with E-state index in [0.717, 1.165) is 11.1 Å². The number of hydrogen-bond acceptors (Lipinski definition) is 3. The summed E-state index contributed by atoms with van der Waals surface area (Å²) in [6.45, 7) is 0.384.